The molecule has 34 heavy (non-hydrogen) atoms. The molecule has 162 valence electrons. The first-order valence-corrected chi connectivity index (χ1v) is 10.6. The monoisotopic (exact) mass is 440 g/mol. The van der Waals surface area contributed by atoms with E-state index >= 15 is 0 Å². The van der Waals surface area contributed by atoms with E-state index in [1.807, 2.05) is 71.7 Å². The Labute approximate surface area is 198 Å². The van der Waals surface area contributed by atoms with Crippen LogP contribution in [0.15, 0.2) is 107 Å². The van der Waals surface area contributed by atoms with Crippen LogP contribution < -0.4 is 10.7 Å². The minimum Gasteiger partial charge on any atom is -0.396 e. The molecule has 0 amide bonds. The maximum atomic E-state index is 9.45. The van der Waals surface area contributed by atoms with E-state index in [9.17, 15) is 5.26 Å². The summed E-state index contributed by atoms with van der Waals surface area (Å²) in [4.78, 5) is 0. The lowest BCUT2D eigenvalue weighted by Gasteiger charge is -2.24. The highest BCUT2D eigenvalue weighted by molar-refractivity contribution is 6.03. The molecule has 1 unspecified atom stereocenters. The summed E-state index contributed by atoms with van der Waals surface area (Å²) in [6.45, 7) is 0. The molecule has 0 saturated heterocycles. The van der Waals surface area contributed by atoms with Crippen LogP contribution in [0.25, 0.3) is 6.08 Å². The van der Waals surface area contributed by atoms with Crippen LogP contribution in [0.4, 0.5) is 5.69 Å². The number of hydrazone groups is 1. The fourth-order valence-electron chi connectivity index (χ4n) is 3.83. The number of nitriles is 3. The summed E-state index contributed by atoms with van der Waals surface area (Å²) in [6, 6.07) is 33.4. The number of rotatable bonds is 5. The summed E-state index contributed by atoms with van der Waals surface area (Å²) in [5.74, 6) is 0. The van der Waals surface area contributed by atoms with Crippen LogP contribution in [-0.4, -0.2) is 5.71 Å². The molecule has 1 aliphatic rings. The molecule has 6 nitrogen and oxygen atoms in total. The molecule has 0 aromatic heterocycles. The highest BCUT2D eigenvalue weighted by Crippen LogP contribution is 2.36. The minimum atomic E-state index is -0.282. The van der Waals surface area contributed by atoms with Crippen molar-refractivity contribution in [3.05, 3.63) is 118 Å². The Balaban J connectivity index is 1.69. The van der Waals surface area contributed by atoms with Crippen molar-refractivity contribution in [2.24, 2.45) is 10.8 Å². The molecular weight excluding hydrogens is 420 g/mol. The van der Waals surface area contributed by atoms with Gasteiger partial charge in [0.05, 0.1) is 28.7 Å². The van der Waals surface area contributed by atoms with Crippen LogP contribution in [0, 0.1) is 34.0 Å². The zero-order chi connectivity index (χ0) is 23.9. The van der Waals surface area contributed by atoms with Gasteiger partial charge in [0.2, 0.25) is 0 Å². The molecule has 1 heterocycles. The SMILES string of the molecule is N#CC(C#N)=C(N)/C(C#N)=C/c1ccc(N2N=C(c3ccccc3)CC2c2ccccc2)cc1. The fourth-order valence-corrected chi connectivity index (χ4v) is 3.83. The van der Waals surface area contributed by atoms with Gasteiger partial charge in [-0.25, -0.2) is 0 Å². The van der Waals surface area contributed by atoms with Crippen molar-refractivity contribution in [2.75, 3.05) is 5.01 Å². The molecule has 1 aliphatic heterocycles. The topological polar surface area (TPSA) is 113 Å². The third-order valence-electron chi connectivity index (χ3n) is 5.57. The molecule has 0 saturated carbocycles. The van der Waals surface area contributed by atoms with Gasteiger partial charge < -0.3 is 5.73 Å². The molecule has 1 atom stereocenters. The van der Waals surface area contributed by atoms with Crippen LogP contribution >= 0.6 is 0 Å². The summed E-state index contributed by atoms with van der Waals surface area (Å²) in [5, 5.41) is 34.5. The van der Waals surface area contributed by atoms with Gasteiger partial charge in [0.1, 0.15) is 18.2 Å². The highest BCUT2D eigenvalue weighted by Gasteiger charge is 2.29. The molecule has 4 rings (SSSR count). The first-order valence-electron chi connectivity index (χ1n) is 10.6. The minimum absolute atomic E-state index is 0.0554. The Bertz CT molecular complexity index is 1380. The Morgan fingerprint density at radius 2 is 1.47 bits per heavy atom. The number of nitrogens with two attached hydrogens (primary N) is 1. The van der Waals surface area contributed by atoms with Crippen molar-refractivity contribution in [3.63, 3.8) is 0 Å². The predicted octanol–water partition coefficient (Wildman–Crippen LogP) is 5.21. The Hall–Kier alpha value is -5.12. The van der Waals surface area contributed by atoms with Gasteiger partial charge in [-0.2, -0.15) is 20.9 Å². The van der Waals surface area contributed by atoms with Crippen molar-refractivity contribution >= 4 is 17.5 Å². The summed E-state index contributed by atoms with van der Waals surface area (Å²) in [6.07, 6.45) is 2.34. The maximum Gasteiger partial charge on any atom is 0.153 e. The van der Waals surface area contributed by atoms with Gasteiger partial charge in [0, 0.05) is 6.42 Å². The number of anilines is 1. The highest BCUT2D eigenvalue weighted by atomic mass is 15.5. The Morgan fingerprint density at radius 1 is 0.853 bits per heavy atom. The fraction of sp³-hybridized carbons (Fsp3) is 0.0714. The zero-order valence-corrected chi connectivity index (χ0v) is 18.3. The molecule has 3 aromatic carbocycles. The first-order chi connectivity index (χ1) is 16.6. The second-order valence-corrected chi connectivity index (χ2v) is 7.66. The quantitative estimate of drug-likeness (QED) is 0.432. The van der Waals surface area contributed by atoms with E-state index in [1.165, 1.54) is 5.56 Å². The van der Waals surface area contributed by atoms with Gasteiger partial charge in [0.15, 0.2) is 5.57 Å². The summed E-state index contributed by atoms with van der Waals surface area (Å²) in [5.41, 5.74) is 10.4. The zero-order valence-electron chi connectivity index (χ0n) is 18.3. The molecule has 2 N–H and O–H groups in total. The van der Waals surface area contributed by atoms with Crippen LogP contribution in [0.1, 0.15) is 29.2 Å². The van der Waals surface area contributed by atoms with Gasteiger partial charge in [-0.3, -0.25) is 5.01 Å². The van der Waals surface area contributed by atoms with Crippen molar-refractivity contribution in [3.8, 4) is 18.2 Å². The Morgan fingerprint density at radius 3 is 2.06 bits per heavy atom. The van der Waals surface area contributed by atoms with Crippen LogP contribution in [0.2, 0.25) is 0 Å². The van der Waals surface area contributed by atoms with Gasteiger partial charge in [-0.05, 0) is 34.9 Å². The number of benzene rings is 3. The molecule has 0 spiro atoms. The molecule has 6 heteroatoms. The summed E-state index contributed by atoms with van der Waals surface area (Å²) >= 11 is 0. The van der Waals surface area contributed by atoms with E-state index in [4.69, 9.17) is 21.4 Å². The van der Waals surface area contributed by atoms with Crippen molar-refractivity contribution in [1.82, 2.24) is 0 Å². The number of nitrogens with zero attached hydrogens (tertiary/aromatic N) is 5. The van der Waals surface area contributed by atoms with Gasteiger partial charge in [-0.15, -0.1) is 0 Å². The second kappa shape index (κ2) is 10.0. The molecule has 0 bridgehead atoms. The van der Waals surface area contributed by atoms with Crippen LogP contribution in [0.3, 0.4) is 0 Å². The number of hydrogen-bond acceptors (Lipinski definition) is 6. The number of hydrogen-bond donors (Lipinski definition) is 1. The summed E-state index contributed by atoms with van der Waals surface area (Å²) < 4.78 is 0. The lowest BCUT2D eigenvalue weighted by molar-refractivity contribution is 0.709. The average Bonchev–Trinajstić information content (AvgIpc) is 3.35. The average molecular weight is 441 g/mol. The first kappa shape index (κ1) is 22.1. The predicted molar refractivity (Wildman–Crippen MR) is 132 cm³/mol. The van der Waals surface area contributed by atoms with Crippen molar-refractivity contribution in [1.29, 1.82) is 15.8 Å². The largest absolute Gasteiger partial charge is 0.396 e. The van der Waals surface area contributed by atoms with Gasteiger partial charge >= 0.3 is 0 Å². The molecule has 0 aliphatic carbocycles. The maximum absolute atomic E-state index is 9.45. The number of allylic oxidation sites excluding steroid dienone is 2. The molecular formula is C28H20N6. The second-order valence-electron chi connectivity index (χ2n) is 7.66. The standard InChI is InChI=1S/C28H20N6/c29-17-23(28(32)24(18-30)19-31)15-20-11-13-25(14-12-20)34-27(22-9-5-2-6-10-22)16-26(33-34)21-7-3-1-4-8-21/h1-15,27H,16,32H2/b23-15+. The third-order valence-corrected chi connectivity index (χ3v) is 5.57. The van der Waals surface area contributed by atoms with Gasteiger partial charge in [-0.1, -0.05) is 72.8 Å². The van der Waals surface area contributed by atoms with Crippen molar-refractivity contribution < 1.29 is 0 Å². The van der Waals surface area contributed by atoms with Crippen molar-refractivity contribution in [2.45, 2.75) is 12.5 Å². The van der Waals surface area contributed by atoms with Crippen LogP contribution in [-0.2, 0) is 0 Å². The van der Waals surface area contributed by atoms with E-state index in [0.717, 1.165) is 28.9 Å². The lowest BCUT2D eigenvalue weighted by atomic mass is 9.98. The third kappa shape index (κ3) is 4.55. The molecule has 0 radical (unpaired) electrons. The normalized spacial score (nSPS) is 15.0. The van der Waals surface area contributed by atoms with E-state index in [-0.39, 0.29) is 22.9 Å². The molecule has 3 aromatic rings. The van der Waals surface area contributed by atoms with E-state index in [1.54, 1.807) is 18.2 Å². The Kier molecular flexibility index (Phi) is 6.50. The smallest absolute Gasteiger partial charge is 0.153 e. The summed E-state index contributed by atoms with van der Waals surface area (Å²) in [7, 11) is 0. The molecule has 0 fully saturated rings. The lowest BCUT2D eigenvalue weighted by Crippen LogP contribution is -2.18. The van der Waals surface area contributed by atoms with E-state index < -0.39 is 0 Å². The van der Waals surface area contributed by atoms with Gasteiger partial charge in [0.25, 0.3) is 0 Å². The van der Waals surface area contributed by atoms with Crippen LogP contribution in [0.5, 0.6) is 0 Å². The van der Waals surface area contributed by atoms with E-state index in [2.05, 4.69) is 24.3 Å². The van der Waals surface area contributed by atoms with E-state index in [0.29, 0.717) is 0 Å².